The molecule has 0 bridgehead atoms. The minimum Gasteiger partial charge on any atom is -0.492 e. The number of nitrogens with zero attached hydrogens (tertiary/aromatic N) is 2. The average molecular weight is 273 g/mol. The lowest BCUT2D eigenvalue weighted by atomic mass is 10.3. The number of hydrogen-bond donors (Lipinski definition) is 1. The van der Waals surface area contributed by atoms with Crippen LogP contribution >= 0.6 is 0 Å². The smallest absolute Gasteiger partial charge is 0.194 e. The molecule has 4 nitrogen and oxygen atoms in total. The summed E-state index contributed by atoms with van der Waals surface area (Å²) in [6.45, 7) is 3.62. The van der Waals surface area contributed by atoms with Crippen molar-refractivity contribution in [1.82, 2.24) is 10.2 Å². The molecule has 0 unspecified atom stereocenters. The molecular formula is C16H23N3O. The van der Waals surface area contributed by atoms with Crippen LogP contribution < -0.4 is 10.1 Å². The quantitative estimate of drug-likeness (QED) is 0.508. The topological polar surface area (TPSA) is 36.9 Å². The number of guanidine groups is 1. The Hall–Kier alpha value is -1.71. The third-order valence-corrected chi connectivity index (χ3v) is 3.68. The van der Waals surface area contributed by atoms with Crippen LogP contribution in [0.5, 0.6) is 5.75 Å². The lowest BCUT2D eigenvalue weighted by Gasteiger charge is -2.21. The summed E-state index contributed by atoms with van der Waals surface area (Å²) >= 11 is 0. The number of hydrogen-bond acceptors (Lipinski definition) is 2. The average Bonchev–Trinajstić information content (AvgIpc) is 3.14. The van der Waals surface area contributed by atoms with Crippen molar-refractivity contribution in [1.29, 1.82) is 0 Å². The van der Waals surface area contributed by atoms with Gasteiger partial charge in [-0.25, -0.2) is 4.99 Å². The van der Waals surface area contributed by atoms with Crippen molar-refractivity contribution in [2.45, 2.75) is 31.7 Å². The summed E-state index contributed by atoms with van der Waals surface area (Å²) in [5, 5.41) is 3.55. The molecule has 4 heteroatoms. The molecule has 1 saturated carbocycles. The molecule has 1 aliphatic heterocycles. The van der Waals surface area contributed by atoms with Crippen molar-refractivity contribution in [2.75, 3.05) is 26.2 Å². The Kier molecular flexibility index (Phi) is 4.41. The van der Waals surface area contributed by atoms with Gasteiger partial charge in [-0.1, -0.05) is 18.2 Å². The largest absolute Gasteiger partial charge is 0.492 e. The summed E-state index contributed by atoms with van der Waals surface area (Å²) in [6, 6.07) is 10.6. The van der Waals surface area contributed by atoms with Crippen LogP contribution in [0.1, 0.15) is 25.7 Å². The maximum atomic E-state index is 5.69. The third kappa shape index (κ3) is 3.89. The number of nitrogens with one attached hydrogen (secondary N) is 1. The predicted octanol–water partition coefficient (Wildman–Crippen LogP) is 2.27. The van der Waals surface area contributed by atoms with Gasteiger partial charge >= 0.3 is 0 Å². The Balaban J connectivity index is 1.48. The highest BCUT2D eigenvalue weighted by atomic mass is 16.5. The van der Waals surface area contributed by atoms with E-state index in [0.29, 0.717) is 19.2 Å². The van der Waals surface area contributed by atoms with Crippen molar-refractivity contribution >= 4 is 5.96 Å². The van der Waals surface area contributed by atoms with Crippen LogP contribution in [0.2, 0.25) is 0 Å². The summed E-state index contributed by atoms with van der Waals surface area (Å²) in [6.07, 6.45) is 5.14. The van der Waals surface area contributed by atoms with E-state index in [1.807, 2.05) is 30.3 Å². The van der Waals surface area contributed by atoms with Crippen LogP contribution in [0.4, 0.5) is 0 Å². The minimum atomic E-state index is 0.633. The number of aliphatic imine (C=N–C) groups is 1. The second-order valence-electron chi connectivity index (χ2n) is 5.48. The van der Waals surface area contributed by atoms with Gasteiger partial charge in [0, 0.05) is 19.1 Å². The van der Waals surface area contributed by atoms with E-state index in [-0.39, 0.29) is 0 Å². The fraction of sp³-hybridized carbons (Fsp3) is 0.562. The summed E-state index contributed by atoms with van der Waals surface area (Å²) in [5.41, 5.74) is 0. The van der Waals surface area contributed by atoms with Gasteiger partial charge in [0.25, 0.3) is 0 Å². The first-order chi connectivity index (χ1) is 9.92. The Bertz CT molecular complexity index is 436. The van der Waals surface area contributed by atoms with E-state index in [4.69, 9.17) is 9.73 Å². The molecule has 1 N–H and O–H groups in total. The van der Waals surface area contributed by atoms with Crippen molar-refractivity contribution < 1.29 is 4.74 Å². The molecule has 1 aromatic rings. The van der Waals surface area contributed by atoms with Crippen LogP contribution in [0, 0.1) is 0 Å². The molecule has 3 rings (SSSR count). The second-order valence-corrected chi connectivity index (χ2v) is 5.48. The first-order valence-corrected chi connectivity index (χ1v) is 7.65. The number of ether oxygens (including phenoxy) is 1. The predicted molar refractivity (Wildman–Crippen MR) is 81.2 cm³/mol. The monoisotopic (exact) mass is 273 g/mol. The van der Waals surface area contributed by atoms with Gasteiger partial charge in [-0.3, -0.25) is 0 Å². The highest BCUT2D eigenvalue weighted by Gasteiger charge is 2.25. The summed E-state index contributed by atoms with van der Waals surface area (Å²) in [5.74, 6) is 2.00. The molecule has 1 saturated heterocycles. The van der Waals surface area contributed by atoms with Gasteiger partial charge < -0.3 is 15.0 Å². The van der Waals surface area contributed by atoms with Crippen LogP contribution in [0.25, 0.3) is 0 Å². The maximum absolute atomic E-state index is 5.69. The van der Waals surface area contributed by atoms with Gasteiger partial charge in [-0.05, 0) is 37.8 Å². The molecular weight excluding hydrogens is 250 g/mol. The van der Waals surface area contributed by atoms with Crippen molar-refractivity contribution in [3.8, 4) is 5.75 Å². The van der Waals surface area contributed by atoms with Crippen LogP contribution in [0.3, 0.4) is 0 Å². The summed E-state index contributed by atoms with van der Waals surface area (Å²) in [7, 11) is 0. The molecule has 0 spiro atoms. The van der Waals surface area contributed by atoms with E-state index < -0.39 is 0 Å². The zero-order valence-corrected chi connectivity index (χ0v) is 11.9. The Morgan fingerprint density at radius 3 is 2.65 bits per heavy atom. The van der Waals surface area contributed by atoms with Crippen molar-refractivity contribution in [2.24, 2.45) is 4.99 Å². The van der Waals surface area contributed by atoms with Gasteiger partial charge in [0.2, 0.25) is 0 Å². The molecule has 1 heterocycles. The first kappa shape index (κ1) is 13.3. The van der Waals surface area contributed by atoms with E-state index in [1.54, 1.807) is 0 Å². The molecule has 108 valence electrons. The number of rotatable bonds is 5. The Morgan fingerprint density at radius 1 is 1.20 bits per heavy atom. The fourth-order valence-corrected chi connectivity index (χ4v) is 2.41. The molecule has 0 radical (unpaired) electrons. The van der Waals surface area contributed by atoms with E-state index in [0.717, 1.165) is 24.8 Å². The number of benzene rings is 1. The zero-order valence-electron chi connectivity index (χ0n) is 11.9. The SMILES string of the molecule is c1ccc(OCCN=C(NC2CC2)N2CCCC2)cc1. The van der Waals surface area contributed by atoms with Gasteiger partial charge in [-0.2, -0.15) is 0 Å². The molecule has 20 heavy (non-hydrogen) atoms. The molecule has 1 aromatic carbocycles. The number of para-hydroxylation sites is 1. The van der Waals surface area contributed by atoms with Crippen molar-refractivity contribution in [3.63, 3.8) is 0 Å². The standard InChI is InChI=1S/C16H23N3O/c1-2-6-15(7-3-1)20-13-10-17-16(18-14-8-9-14)19-11-4-5-12-19/h1-3,6-7,14H,4-5,8-13H2,(H,17,18). The van der Waals surface area contributed by atoms with E-state index >= 15 is 0 Å². The fourth-order valence-electron chi connectivity index (χ4n) is 2.41. The van der Waals surface area contributed by atoms with Crippen LogP contribution in [-0.4, -0.2) is 43.1 Å². The maximum Gasteiger partial charge on any atom is 0.194 e. The Labute approximate surface area is 120 Å². The molecule has 2 aliphatic rings. The highest BCUT2D eigenvalue weighted by Crippen LogP contribution is 2.20. The second kappa shape index (κ2) is 6.64. The van der Waals surface area contributed by atoms with Crippen LogP contribution in [0.15, 0.2) is 35.3 Å². The first-order valence-electron chi connectivity index (χ1n) is 7.65. The molecule has 1 aliphatic carbocycles. The molecule has 2 fully saturated rings. The molecule has 0 atom stereocenters. The normalized spacial score (nSPS) is 19.2. The molecule has 0 aromatic heterocycles. The van der Waals surface area contributed by atoms with E-state index in [2.05, 4.69) is 10.2 Å². The lowest BCUT2D eigenvalue weighted by molar-refractivity contribution is 0.327. The van der Waals surface area contributed by atoms with E-state index in [9.17, 15) is 0 Å². The van der Waals surface area contributed by atoms with Crippen LogP contribution in [-0.2, 0) is 0 Å². The van der Waals surface area contributed by atoms with Gasteiger partial charge in [-0.15, -0.1) is 0 Å². The summed E-state index contributed by atoms with van der Waals surface area (Å²) < 4.78 is 5.69. The molecule has 0 amide bonds. The third-order valence-electron chi connectivity index (χ3n) is 3.68. The van der Waals surface area contributed by atoms with Crippen molar-refractivity contribution in [3.05, 3.63) is 30.3 Å². The highest BCUT2D eigenvalue weighted by molar-refractivity contribution is 5.80. The number of likely N-dealkylation sites (tertiary alicyclic amines) is 1. The van der Waals surface area contributed by atoms with Gasteiger partial charge in [0.15, 0.2) is 5.96 Å². The zero-order chi connectivity index (χ0) is 13.6. The van der Waals surface area contributed by atoms with E-state index in [1.165, 1.54) is 25.7 Å². The lowest BCUT2D eigenvalue weighted by Crippen LogP contribution is -2.41. The summed E-state index contributed by atoms with van der Waals surface area (Å²) in [4.78, 5) is 7.08. The minimum absolute atomic E-state index is 0.633. The van der Waals surface area contributed by atoms with Gasteiger partial charge in [0.1, 0.15) is 12.4 Å². The Morgan fingerprint density at radius 2 is 1.95 bits per heavy atom. The van der Waals surface area contributed by atoms with Gasteiger partial charge in [0.05, 0.1) is 6.54 Å².